The predicted octanol–water partition coefficient (Wildman–Crippen LogP) is 6.93. The van der Waals surface area contributed by atoms with Crippen LogP contribution in [0.4, 0.5) is 0 Å². The van der Waals surface area contributed by atoms with Crippen LogP contribution in [0.2, 0.25) is 0 Å². The monoisotopic (exact) mass is 578 g/mol. The number of fused-ring (bicyclic) bond motifs is 1. The molecule has 5 aromatic heterocycles. The van der Waals surface area contributed by atoms with Crippen LogP contribution in [0.25, 0.3) is 55.1 Å². The number of aromatic nitrogens is 4. The first-order valence-electron chi connectivity index (χ1n) is 12.9. The third kappa shape index (κ3) is 5.45. The number of oxazole rings is 1. The van der Waals surface area contributed by atoms with Crippen molar-refractivity contribution in [2.45, 2.75) is 13.3 Å². The number of benzene rings is 1. The van der Waals surface area contributed by atoms with Crippen molar-refractivity contribution < 1.29 is 29.0 Å². The van der Waals surface area contributed by atoms with Crippen LogP contribution >= 0.6 is 11.3 Å². The number of hydrogen-bond donors (Lipinski definition) is 2. The Hall–Kier alpha value is -5.42. The second-order valence-corrected chi connectivity index (χ2v) is 10.3. The number of carbonyl (C=O) groups is 2. The largest absolute Gasteiger partial charge is 0.494 e. The molecule has 208 valence electrons. The minimum Gasteiger partial charge on any atom is -0.494 e. The van der Waals surface area contributed by atoms with E-state index in [0.717, 1.165) is 27.5 Å². The van der Waals surface area contributed by atoms with Crippen molar-refractivity contribution in [2.75, 3.05) is 6.61 Å². The van der Waals surface area contributed by atoms with Crippen LogP contribution in [-0.2, 0) is 0 Å². The van der Waals surface area contributed by atoms with Crippen molar-refractivity contribution in [3.63, 3.8) is 0 Å². The zero-order valence-corrected chi connectivity index (χ0v) is 23.0. The van der Waals surface area contributed by atoms with Crippen molar-refractivity contribution in [1.82, 2.24) is 19.9 Å². The fourth-order valence-corrected chi connectivity index (χ4v) is 5.20. The topological polar surface area (TPSA) is 149 Å². The number of pyridine rings is 3. The van der Waals surface area contributed by atoms with Gasteiger partial charge in [0.2, 0.25) is 5.89 Å². The maximum absolute atomic E-state index is 11.9. The minimum atomic E-state index is -1.16. The molecule has 0 fully saturated rings. The summed E-state index contributed by atoms with van der Waals surface area (Å²) in [4.78, 5) is 43.0. The lowest BCUT2D eigenvalue weighted by atomic mass is 10.1. The number of hydrogen-bond acceptors (Lipinski definition) is 9. The number of carboxylic acids is 2. The highest BCUT2D eigenvalue weighted by molar-refractivity contribution is 7.18. The number of thiophene rings is 1. The molecule has 0 saturated heterocycles. The Kier molecular flexibility index (Phi) is 7.16. The number of aromatic carboxylic acids is 2. The van der Waals surface area contributed by atoms with E-state index in [9.17, 15) is 19.8 Å². The summed E-state index contributed by atoms with van der Waals surface area (Å²) in [5, 5.41) is 19.1. The van der Waals surface area contributed by atoms with E-state index in [1.165, 1.54) is 41.8 Å². The molecular formula is C31H22N4O6S. The van der Waals surface area contributed by atoms with Gasteiger partial charge in [0.15, 0.2) is 5.58 Å². The average Bonchev–Trinajstić information content (AvgIpc) is 3.67. The van der Waals surface area contributed by atoms with Crippen LogP contribution < -0.4 is 4.74 Å². The molecule has 0 aliphatic rings. The van der Waals surface area contributed by atoms with Crippen LogP contribution in [0.1, 0.15) is 34.1 Å². The van der Waals surface area contributed by atoms with Gasteiger partial charge in [-0.15, -0.1) is 11.3 Å². The van der Waals surface area contributed by atoms with Gasteiger partial charge in [-0.2, -0.15) is 0 Å². The van der Waals surface area contributed by atoms with Gasteiger partial charge in [0.25, 0.3) is 0 Å². The van der Waals surface area contributed by atoms with Crippen molar-refractivity contribution >= 4 is 34.4 Å². The van der Waals surface area contributed by atoms with Crippen LogP contribution in [0.3, 0.4) is 0 Å². The average molecular weight is 579 g/mol. The highest BCUT2D eigenvalue weighted by Crippen LogP contribution is 2.37. The smallest absolute Gasteiger partial charge is 0.335 e. The molecule has 1 aromatic carbocycles. The molecule has 11 heteroatoms. The SMILES string of the molecule is CCCOc1ccc2oc(-c3ccc(-c4ccnc(-c5cc(C(=O)O)cc(-c6cc(C(=O)O)ccn6)n5)c4)s3)nc2c1. The molecular weight excluding hydrogens is 556 g/mol. The summed E-state index contributed by atoms with van der Waals surface area (Å²) in [6, 6.07) is 18.6. The van der Waals surface area contributed by atoms with Crippen molar-refractivity contribution in [3.05, 3.63) is 90.3 Å². The molecule has 0 bridgehead atoms. The summed E-state index contributed by atoms with van der Waals surface area (Å²) < 4.78 is 11.7. The molecule has 0 radical (unpaired) electrons. The van der Waals surface area contributed by atoms with Crippen LogP contribution in [0, 0.1) is 0 Å². The van der Waals surface area contributed by atoms with Gasteiger partial charge in [0.05, 0.1) is 45.4 Å². The van der Waals surface area contributed by atoms with E-state index in [1.807, 2.05) is 49.4 Å². The molecule has 6 rings (SSSR count). The zero-order valence-electron chi connectivity index (χ0n) is 22.1. The third-order valence-electron chi connectivity index (χ3n) is 6.30. The van der Waals surface area contributed by atoms with E-state index in [-0.39, 0.29) is 22.5 Å². The highest BCUT2D eigenvalue weighted by Gasteiger charge is 2.17. The fourth-order valence-electron chi connectivity index (χ4n) is 4.27. The van der Waals surface area contributed by atoms with Crippen LogP contribution in [0.15, 0.2) is 83.5 Å². The first-order valence-corrected chi connectivity index (χ1v) is 13.7. The molecule has 5 heterocycles. The maximum atomic E-state index is 11.9. The Morgan fingerprint density at radius 1 is 0.786 bits per heavy atom. The van der Waals surface area contributed by atoms with Gasteiger partial charge < -0.3 is 19.4 Å². The van der Waals surface area contributed by atoms with Gasteiger partial charge in [-0.25, -0.2) is 19.6 Å². The Balaban J connectivity index is 1.33. The van der Waals surface area contributed by atoms with E-state index in [0.29, 0.717) is 35.0 Å². The van der Waals surface area contributed by atoms with Gasteiger partial charge >= 0.3 is 11.9 Å². The lowest BCUT2D eigenvalue weighted by Crippen LogP contribution is -2.02. The van der Waals surface area contributed by atoms with E-state index >= 15 is 0 Å². The standard InChI is InChI=1S/C31H22N4O6S/c1-2-11-40-20-3-4-26-25(16-20)35-29(41-26)28-6-5-27(42-28)17-7-9-32-21(12-17)23-14-19(31(38)39)15-24(34-23)22-13-18(30(36)37)8-10-33-22/h3-10,12-16H,2,11H2,1H3,(H,36,37)(H,38,39). The summed E-state index contributed by atoms with van der Waals surface area (Å²) in [6.07, 6.45) is 3.88. The second kappa shape index (κ2) is 11.2. The zero-order chi connectivity index (χ0) is 29.2. The summed E-state index contributed by atoms with van der Waals surface area (Å²) in [5.41, 5.74) is 3.43. The molecule has 0 aliphatic carbocycles. The van der Waals surface area contributed by atoms with E-state index in [2.05, 4.69) is 19.9 Å². The second-order valence-electron chi connectivity index (χ2n) is 9.26. The Bertz CT molecular complexity index is 1960. The summed E-state index contributed by atoms with van der Waals surface area (Å²) in [7, 11) is 0. The number of nitrogens with zero attached hydrogens (tertiary/aromatic N) is 4. The Morgan fingerprint density at radius 3 is 2.21 bits per heavy atom. The first kappa shape index (κ1) is 26.8. The normalized spacial score (nSPS) is 11.1. The van der Waals surface area contributed by atoms with Gasteiger partial charge in [-0.05, 0) is 72.6 Å². The van der Waals surface area contributed by atoms with E-state index < -0.39 is 11.9 Å². The number of carboxylic acid groups (broad SMARTS) is 2. The molecule has 0 aliphatic heterocycles. The molecule has 2 N–H and O–H groups in total. The highest BCUT2D eigenvalue weighted by atomic mass is 32.1. The molecule has 0 unspecified atom stereocenters. The van der Waals surface area contributed by atoms with Gasteiger partial charge in [0.1, 0.15) is 11.3 Å². The summed E-state index contributed by atoms with van der Waals surface area (Å²) in [5.74, 6) is -1.04. The molecule has 6 aromatic rings. The summed E-state index contributed by atoms with van der Waals surface area (Å²) in [6.45, 7) is 2.68. The van der Waals surface area contributed by atoms with Crippen LogP contribution in [-0.4, -0.2) is 48.7 Å². The maximum Gasteiger partial charge on any atom is 0.335 e. The van der Waals surface area contributed by atoms with Gasteiger partial charge in [0, 0.05) is 23.3 Å². The molecule has 0 saturated carbocycles. The molecule has 10 nitrogen and oxygen atoms in total. The summed E-state index contributed by atoms with van der Waals surface area (Å²) >= 11 is 1.49. The third-order valence-corrected chi connectivity index (χ3v) is 7.42. The predicted molar refractivity (Wildman–Crippen MR) is 157 cm³/mol. The van der Waals surface area contributed by atoms with Gasteiger partial charge in [-0.3, -0.25) is 9.97 Å². The molecule has 0 spiro atoms. The van der Waals surface area contributed by atoms with E-state index in [4.69, 9.17) is 9.15 Å². The lowest BCUT2D eigenvalue weighted by Gasteiger charge is -2.08. The number of ether oxygens (including phenoxy) is 1. The first-order chi connectivity index (χ1) is 20.4. The van der Waals surface area contributed by atoms with Crippen molar-refractivity contribution in [3.8, 4) is 49.7 Å². The Labute approximate surface area is 243 Å². The quantitative estimate of drug-likeness (QED) is 0.185. The Morgan fingerprint density at radius 2 is 1.48 bits per heavy atom. The van der Waals surface area contributed by atoms with Crippen molar-refractivity contribution in [1.29, 1.82) is 0 Å². The lowest BCUT2D eigenvalue weighted by molar-refractivity contribution is 0.0686. The molecule has 0 amide bonds. The van der Waals surface area contributed by atoms with E-state index in [1.54, 1.807) is 6.20 Å². The van der Waals surface area contributed by atoms with Crippen LogP contribution in [0.5, 0.6) is 5.75 Å². The van der Waals surface area contributed by atoms with Crippen molar-refractivity contribution in [2.24, 2.45) is 0 Å². The fraction of sp³-hybridized carbons (Fsp3) is 0.0968. The molecule has 0 atom stereocenters. The number of rotatable bonds is 9. The molecule has 42 heavy (non-hydrogen) atoms. The van der Waals surface area contributed by atoms with Gasteiger partial charge in [-0.1, -0.05) is 6.92 Å². The minimum absolute atomic E-state index is 0.0157.